The molecular formula is C8H12Cl2N4O2. The van der Waals surface area contributed by atoms with Gasteiger partial charge in [-0.3, -0.25) is 0 Å². The number of anilines is 2. The molecule has 0 radical (unpaired) electrons. The second-order valence-corrected chi connectivity index (χ2v) is 3.83. The lowest BCUT2D eigenvalue weighted by Gasteiger charge is -2.12. The molecular weight excluding hydrogens is 255 g/mol. The normalized spacial score (nSPS) is 12.3. The van der Waals surface area contributed by atoms with E-state index in [2.05, 4.69) is 15.7 Å². The Hall–Kier alpha value is -0.790. The van der Waals surface area contributed by atoms with Crippen molar-refractivity contribution in [3.05, 3.63) is 16.1 Å². The summed E-state index contributed by atoms with van der Waals surface area (Å²) in [6.07, 6.45) is -0.886. The zero-order valence-electron chi connectivity index (χ0n) is 8.24. The third-order valence-electron chi connectivity index (χ3n) is 1.78. The second kappa shape index (κ2) is 6.07. The number of hydrogen-bond donors (Lipinski definition) is 5. The largest absolute Gasteiger partial charge is 0.394 e. The Morgan fingerprint density at radius 2 is 2.00 bits per heavy atom. The van der Waals surface area contributed by atoms with E-state index in [0.717, 1.165) is 0 Å². The van der Waals surface area contributed by atoms with Crippen molar-refractivity contribution in [1.29, 1.82) is 0 Å². The van der Waals surface area contributed by atoms with Crippen molar-refractivity contribution in [2.75, 3.05) is 23.9 Å². The highest BCUT2D eigenvalue weighted by molar-refractivity contribution is 6.37. The molecule has 16 heavy (non-hydrogen) atoms. The Labute approximate surface area is 102 Å². The van der Waals surface area contributed by atoms with Crippen LogP contribution in [0.15, 0.2) is 6.07 Å². The van der Waals surface area contributed by atoms with Crippen molar-refractivity contribution >= 4 is 34.8 Å². The molecule has 0 aliphatic carbocycles. The van der Waals surface area contributed by atoms with Crippen LogP contribution in [0.2, 0.25) is 10.0 Å². The molecule has 8 heteroatoms. The predicted molar refractivity (Wildman–Crippen MR) is 63.6 cm³/mol. The van der Waals surface area contributed by atoms with Crippen LogP contribution < -0.4 is 16.6 Å². The van der Waals surface area contributed by atoms with E-state index in [1.807, 2.05) is 0 Å². The molecule has 0 spiro atoms. The number of nitrogen functional groups attached to an aromatic ring is 1. The van der Waals surface area contributed by atoms with Crippen LogP contribution >= 0.6 is 23.2 Å². The fourth-order valence-corrected chi connectivity index (χ4v) is 1.45. The predicted octanol–water partition coefficient (Wildman–Crippen LogP) is 0.439. The minimum Gasteiger partial charge on any atom is -0.394 e. The number of hydrogen-bond acceptors (Lipinski definition) is 6. The van der Waals surface area contributed by atoms with Gasteiger partial charge in [0.05, 0.1) is 22.8 Å². The second-order valence-electron chi connectivity index (χ2n) is 3.01. The minimum absolute atomic E-state index is 0.120. The van der Waals surface area contributed by atoms with E-state index >= 15 is 0 Å². The van der Waals surface area contributed by atoms with E-state index in [1.165, 1.54) is 6.07 Å². The molecule has 0 bridgehead atoms. The topological polar surface area (TPSA) is 103 Å². The van der Waals surface area contributed by atoms with Crippen LogP contribution in [0.3, 0.4) is 0 Å². The average molecular weight is 267 g/mol. The van der Waals surface area contributed by atoms with Crippen LogP contribution in [0.1, 0.15) is 0 Å². The van der Waals surface area contributed by atoms with Crippen molar-refractivity contribution in [2.45, 2.75) is 6.10 Å². The number of aromatic nitrogens is 1. The standard InChI is InChI=1S/C8H12Cl2N4O2/c9-5-1-6(10)8(14-11)13-7(5)12-2-4(16)3-15/h1,4,15-16H,2-3,11H2,(H2,12,13,14). The van der Waals surface area contributed by atoms with Crippen LogP contribution in [-0.2, 0) is 0 Å². The third-order valence-corrected chi connectivity index (χ3v) is 2.36. The fourth-order valence-electron chi connectivity index (χ4n) is 0.971. The number of hydrazine groups is 1. The lowest BCUT2D eigenvalue weighted by molar-refractivity contribution is 0.105. The monoisotopic (exact) mass is 266 g/mol. The van der Waals surface area contributed by atoms with Gasteiger partial charge in [-0.25, -0.2) is 10.8 Å². The molecule has 0 aliphatic rings. The molecule has 0 fully saturated rings. The molecule has 0 saturated carbocycles. The van der Waals surface area contributed by atoms with Crippen LogP contribution in [0.25, 0.3) is 0 Å². The molecule has 1 atom stereocenters. The highest BCUT2D eigenvalue weighted by atomic mass is 35.5. The Kier molecular flexibility index (Phi) is 5.04. The summed E-state index contributed by atoms with van der Waals surface area (Å²) in [6, 6.07) is 1.47. The zero-order chi connectivity index (χ0) is 12.1. The van der Waals surface area contributed by atoms with Gasteiger partial charge in [0, 0.05) is 6.54 Å². The van der Waals surface area contributed by atoms with Gasteiger partial charge in [0.25, 0.3) is 0 Å². The van der Waals surface area contributed by atoms with Crippen molar-refractivity contribution in [3.63, 3.8) is 0 Å². The molecule has 1 aromatic rings. The minimum atomic E-state index is -0.886. The number of halogens is 2. The highest BCUT2D eigenvalue weighted by Gasteiger charge is 2.09. The number of nitrogens with one attached hydrogen (secondary N) is 2. The van der Waals surface area contributed by atoms with Crippen LogP contribution in [0.4, 0.5) is 11.6 Å². The Morgan fingerprint density at radius 3 is 2.56 bits per heavy atom. The van der Waals surface area contributed by atoms with Crippen LogP contribution in [-0.4, -0.2) is 34.5 Å². The summed E-state index contributed by atoms with van der Waals surface area (Å²) in [5.41, 5.74) is 2.31. The number of aliphatic hydroxyl groups excluding tert-OH is 2. The molecule has 6 N–H and O–H groups in total. The van der Waals surface area contributed by atoms with Gasteiger partial charge in [0.1, 0.15) is 5.82 Å². The van der Waals surface area contributed by atoms with E-state index in [9.17, 15) is 0 Å². The quantitative estimate of drug-likeness (QED) is 0.392. The Balaban J connectivity index is 2.79. The number of nitrogens with zero attached hydrogens (tertiary/aromatic N) is 1. The number of nitrogens with two attached hydrogens (primary N) is 1. The van der Waals surface area contributed by atoms with Gasteiger partial charge < -0.3 is 21.0 Å². The lowest BCUT2D eigenvalue weighted by atomic mass is 10.3. The first-order valence-electron chi connectivity index (χ1n) is 4.44. The van der Waals surface area contributed by atoms with Gasteiger partial charge >= 0.3 is 0 Å². The molecule has 90 valence electrons. The summed E-state index contributed by atoms with van der Waals surface area (Å²) in [5.74, 6) is 5.79. The first-order valence-corrected chi connectivity index (χ1v) is 5.19. The van der Waals surface area contributed by atoms with Gasteiger partial charge in [0.15, 0.2) is 5.82 Å². The molecule has 1 heterocycles. The van der Waals surface area contributed by atoms with Crippen molar-refractivity contribution in [1.82, 2.24) is 4.98 Å². The van der Waals surface area contributed by atoms with E-state index in [1.54, 1.807) is 0 Å². The van der Waals surface area contributed by atoms with Crippen LogP contribution in [0.5, 0.6) is 0 Å². The summed E-state index contributed by atoms with van der Waals surface area (Å²) in [4.78, 5) is 3.99. The summed E-state index contributed by atoms with van der Waals surface area (Å²) >= 11 is 11.6. The maximum atomic E-state index is 9.14. The first-order chi connectivity index (χ1) is 7.58. The lowest BCUT2D eigenvalue weighted by Crippen LogP contribution is -2.23. The fraction of sp³-hybridized carbons (Fsp3) is 0.375. The Morgan fingerprint density at radius 1 is 1.38 bits per heavy atom. The first kappa shape index (κ1) is 13.3. The summed E-state index contributed by atoms with van der Waals surface area (Å²) in [7, 11) is 0. The van der Waals surface area contributed by atoms with Crippen molar-refractivity contribution in [2.24, 2.45) is 5.84 Å². The zero-order valence-corrected chi connectivity index (χ0v) is 9.76. The molecule has 0 aromatic carbocycles. The highest BCUT2D eigenvalue weighted by Crippen LogP contribution is 2.28. The van der Waals surface area contributed by atoms with Gasteiger partial charge in [-0.1, -0.05) is 23.2 Å². The van der Waals surface area contributed by atoms with E-state index in [0.29, 0.717) is 15.9 Å². The third kappa shape index (κ3) is 3.36. The molecule has 0 aliphatic heterocycles. The van der Waals surface area contributed by atoms with Gasteiger partial charge in [-0.15, -0.1) is 0 Å². The molecule has 0 amide bonds. The van der Waals surface area contributed by atoms with Crippen molar-refractivity contribution in [3.8, 4) is 0 Å². The van der Waals surface area contributed by atoms with E-state index < -0.39 is 6.10 Å². The maximum absolute atomic E-state index is 9.14. The van der Waals surface area contributed by atoms with Gasteiger partial charge in [-0.05, 0) is 6.07 Å². The Bertz CT molecular complexity index is 364. The van der Waals surface area contributed by atoms with Crippen molar-refractivity contribution < 1.29 is 10.2 Å². The molecule has 1 aromatic heterocycles. The van der Waals surface area contributed by atoms with E-state index in [-0.39, 0.29) is 19.0 Å². The van der Waals surface area contributed by atoms with Crippen LogP contribution in [0, 0.1) is 0 Å². The SMILES string of the molecule is NNc1nc(NCC(O)CO)c(Cl)cc1Cl. The molecule has 0 saturated heterocycles. The number of rotatable bonds is 5. The molecule has 1 unspecified atom stereocenters. The molecule has 1 rings (SSSR count). The summed E-state index contributed by atoms with van der Waals surface area (Å²) < 4.78 is 0. The summed E-state index contributed by atoms with van der Waals surface area (Å²) in [5, 5.41) is 21.1. The van der Waals surface area contributed by atoms with E-state index in [4.69, 9.17) is 39.3 Å². The number of aliphatic hydroxyl groups is 2. The maximum Gasteiger partial charge on any atom is 0.161 e. The smallest absolute Gasteiger partial charge is 0.161 e. The van der Waals surface area contributed by atoms with Gasteiger partial charge in [-0.2, -0.15) is 0 Å². The number of pyridine rings is 1. The summed E-state index contributed by atoms with van der Waals surface area (Å²) in [6.45, 7) is -0.227. The average Bonchev–Trinajstić information content (AvgIpc) is 2.27. The van der Waals surface area contributed by atoms with Gasteiger partial charge in [0.2, 0.25) is 0 Å². The molecule has 6 nitrogen and oxygen atoms in total.